The lowest BCUT2D eigenvalue weighted by Gasteiger charge is -2.33. The average molecular weight is 253 g/mol. The molecule has 0 aromatic carbocycles. The Morgan fingerprint density at radius 2 is 2.06 bits per heavy atom. The molecule has 18 heavy (non-hydrogen) atoms. The van der Waals surface area contributed by atoms with Crippen molar-refractivity contribution in [3.05, 3.63) is 0 Å². The van der Waals surface area contributed by atoms with Crippen LogP contribution in [-0.4, -0.2) is 49.6 Å². The summed E-state index contributed by atoms with van der Waals surface area (Å²) in [6, 6.07) is 0.404. The summed E-state index contributed by atoms with van der Waals surface area (Å²) in [7, 11) is 0. The van der Waals surface area contributed by atoms with Crippen LogP contribution in [0.3, 0.4) is 0 Å². The lowest BCUT2D eigenvalue weighted by atomic mass is 10.0. The number of carbonyl (C=O) groups excluding carboxylic acids is 1. The number of hydrogen-bond acceptors (Lipinski definition) is 3. The van der Waals surface area contributed by atoms with Gasteiger partial charge in [-0.05, 0) is 31.7 Å². The molecule has 104 valence electrons. The zero-order valence-corrected chi connectivity index (χ0v) is 11.7. The van der Waals surface area contributed by atoms with E-state index >= 15 is 0 Å². The topological polar surface area (TPSA) is 44.4 Å². The van der Waals surface area contributed by atoms with Crippen molar-refractivity contribution in [1.29, 1.82) is 0 Å². The van der Waals surface area contributed by atoms with Gasteiger partial charge in [0, 0.05) is 32.2 Å². The van der Waals surface area contributed by atoms with Crippen LogP contribution >= 0.6 is 0 Å². The van der Waals surface area contributed by atoms with Gasteiger partial charge in [-0.15, -0.1) is 0 Å². The smallest absolute Gasteiger partial charge is 0.224 e. The molecule has 2 heterocycles. The van der Waals surface area contributed by atoms with Crippen LogP contribution in [0.1, 0.15) is 33.1 Å². The first kappa shape index (κ1) is 13.8. The van der Waals surface area contributed by atoms with Crippen molar-refractivity contribution in [3.8, 4) is 0 Å². The van der Waals surface area contributed by atoms with E-state index in [-0.39, 0.29) is 11.8 Å². The second-order valence-electron chi connectivity index (χ2n) is 6.17. The molecule has 1 amide bonds. The molecule has 2 aliphatic rings. The van der Waals surface area contributed by atoms with Gasteiger partial charge in [0.1, 0.15) is 0 Å². The quantitative estimate of drug-likeness (QED) is 0.780. The molecule has 1 unspecified atom stereocenters. The van der Waals surface area contributed by atoms with Gasteiger partial charge in [0.05, 0.1) is 5.92 Å². The number of nitrogens with one attached hydrogen (secondary N) is 2. The van der Waals surface area contributed by atoms with Gasteiger partial charge in [-0.25, -0.2) is 0 Å². The van der Waals surface area contributed by atoms with Crippen molar-refractivity contribution in [2.24, 2.45) is 11.8 Å². The van der Waals surface area contributed by atoms with E-state index in [0.29, 0.717) is 6.04 Å². The van der Waals surface area contributed by atoms with Crippen molar-refractivity contribution in [3.63, 3.8) is 0 Å². The van der Waals surface area contributed by atoms with E-state index in [4.69, 9.17) is 0 Å². The Kier molecular flexibility index (Phi) is 5.01. The van der Waals surface area contributed by atoms with E-state index in [1.807, 2.05) is 0 Å². The van der Waals surface area contributed by atoms with Gasteiger partial charge in [0.15, 0.2) is 0 Å². The molecule has 2 N–H and O–H groups in total. The average Bonchev–Trinajstić information content (AvgIpc) is 2.84. The van der Waals surface area contributed by atoms with Gasteiger partial charge in [-0.3, -0.25) is 4.79 Å². The minimum atomic E-state index is 0.207. The summed E-state index contributed by atoms with van der Waals surface area (Å²) in [5.74, 6) is 1.21. The molecular formula is C14H27N3O. The highest BCUT2D eigenvalue weighted by Gasteiger charge is 2.26. The van der Waals surface area contributed by atoms with Crippen LogP contribution in [0.15, 0.2) is 0 Å². The van der Waals surface area contributed by atoms with Crippen LogP contribution in [0, 0.1) is 11.8 Å². The van der Waals surface area contributed by atoms with Crippen LogP contribution in [-0.2, 0) is 4.79 Å². The summed E-state index contributed by atoms with van der Waals surface area (Å²) in [6.45, 7) is 9.83. The molecule has 0 aromatic rings. The minimum Gasteiger partial charge on any atom is -0.353 e. The third kappa shape index (κ3) is 3.95. The lowest BCUT2D eigenvalue weighted by molar-refractivity contribution is -0.125. The zero-order chi connectivity index (χ0) is 13.0. The molecule has 2 saturated heterocycles. The summed E-state index contributed by atoms with van der Waals surface area (Å²) in [4.78, 5) is 14.5. The van der Waals surface area contributed by atoms with Crippen molar-refractivity contribution in [2.75, 3.05) is 32.7 Å². The molecule has 0 saturated carbocycles. The van der Waals surface area contributed by atoms with E-state index in [1.165, 1.54) is 6.54 Å². The molecule has 4 nitrogen and oxygen atoms in total. The number of nitrogens with zero attached hydrogens (tertiary/aromatic N) is 1. The van der Waals surface area contributed by atoms with Gasteiger partial charge < -0.3 is 15.5 Å². The Bertz CT molecular complexity index is 266. The van der Waals surface area contributed by atoms with Crippen LogP contribution in [0.4, 0.5) is 0 Å². The lowest BCUT2D eigenvalue weighted by Crippen LogP contribution is -2.47. The number of rotatable bonds is 4. The largest absolute Gasteiger partial charge is 0.353 e. The standard InChI is InChI=1S/C14H27N3O/c1-11(2)10-17-7-4-13(5-8-17)16-14(18)12-3-6-15-9-12/h11-13,15H,3-10H2,1-2H3,(H,16,18). The Labute approximate surface area is 110 Å². The Morgan fingerprint density at radius 1 is 1.33 bits per heavy atom. The summed E-state index contributed by atoms with van der Waals surface area (Å²) >= 11 is 0. The molecule has 1 atom stereocenters. The van der Waals surface area contributed by atoms with Crippen LogP contribution in [0.5, 0.6) is 0 Å². The number of hydrogen-bond donors (Lipinski definition) is 2. The van der Waals surface area contributed by atoms with E-state index < -0.39 is 0 Å². The van der Waals surface area contributed by atoms with Crippen LogP contribution in [0.2, 0.25) is 0 Å². The SMILES string of the molecule is CC(C)CN1CCC(NC(=O)C2CCNC2)CC1. The maximum Gasteiger partial charge on any atom is 0.224 e. The molecule has 0 radical (unpaired) electrons. The van der Waals surface area contributed by atoms with Crippen molar-refractivity contribution >= 4 is 5.91 Å². The Hall–Kier alpha value is -0.610. The number of likely N-dealkylation sites (tertiary alicyclic amines) is 1. The summed E-state index contributed by atoms with van der Waals surface area (Å²) in [6.07, 6.45) is 3.22. The van der Waals surface area contributed by atoms with Gasteiger partial charge in [-0.2, -0.15) is 0 Å². The Morgan fingerprint density at radius 3 is 2.61 bits per heavy atom. The third-order valence-electron chi connectivity index (χ3n) is 3.99. The molecule has 2 fully saturated rings. The van der Waals surface area contributed by atoms with Gasteiger partial charge in [0.2, 0.25) is 5.91 Å². The minimum absolute atomic E-state index is 0.207. The fraction of sp³-hybridized carbons (Fsp3) is 0.929. The predicted molar refractivity (Wildman–Crippen MR) is 73.4 cm³/mol. The first-order valence-electron chi connectivity index (χ1n) is 7.38. The van der Waals surface area contributed by atoms with Crippen molar-refractivity contribution in [1.82, 2.24) is 15.5 Å². The van der Waals surface area contributed by atoms with E-state index in [2.05, 4.69) is 29.4 Å². The van der Waals surface area contributed by atoms with E-state index in [0.717, 1.165) is 51.4 Å². The first-order chi connectivity index (χ1) is 8.65. The maximum absolute atomic E-state index is 12.0. The highest BCUT2D eigenvalue weighted by molar-refractivity contribution is 5.79. The fourth-order valence-corrected chi connectivity index (χ4v) is 2.97. The second kappa shape index (κ2) is 6.53. The van der Waals surface area contributed by atoms with Crippen molar-refractivity contribution < 1.29 is 4.79 Å². The molecule has 0 bridgehead atoms. The highest BCUT2D eigenvalue weighted by atomic mass is 16.2. The number of carbonyl (C=O) groups is 1. The number of piperidine rings is 1. The first-order valence-corrected chi connectivity index (χ1v) is 7.38. The second-order valence-corrected chi connectivity index (χ2v) is 6.17. The highest BCUT2D eigenvalue weighted by Crippen LogP contribution is 2.14. The molecule has 0 aliphatic carbocycles. The molecule has 4 heteroatoms. The molecule has 2 aliphatic heterocycles. The molecule has 0 spiro atoms. The van der Waals surface area contributed by atoms with Crippen molar-refractivity contribution in [2.45, 2.75) is 39.2 Å². The summed E-state index contributed by atoms with van der Waals surface area (Å²) in [5.41, 5.74) is 0. The van der Waals surface area contributed by atoms with E-state index in [9.17, 15) is 4.79 Å². The molecule has 2 rings (SSSR count). The monoisotopic (exact) mass is 253 g/mol. The predicted octanol–water partition coefficient (Wildman–Crippen LogP) is 0.833. The van der Waals surface area contributed by atoms with Crippen LogP contribution < -0.4 is 10.6 Å². The third-order valence-corrected chi connectivity index (χ3v) is 3.99. The van der Waals surface area contributed by atoms with Gasteiger partial charge >= 0.3 is 0 Å². The van der Waals surface area contributed by atoms with Crippen LogP contribution in [0.25, 0.3) is 0 Å². The summed E-state index contributed by atoms with van der Waals surface area (Å²) < 4.78 is 0. The molecular weight excluding hydrogens is 226 g/mol. The molecule has 0 aromatic heterocycles. The maximum atomic E-state index is 12.0. The van der Waals surface area contributed by atoms with Gasteiger partial charge in [-0.1, -0.05) is 13.8 Å². The Balaban J connectivity index is 1.68. The number of amides is 1. The normalized spacial score (nSPS) is 26.7. The van der Waals surface area contributed by atoms with E-state index in [1.54, 1.807) is 0 Å². The summed E-state index contributed by atoms with van der Waals surface area (Å²) in [5, 5.41) is 6.48. The zero-order valence-electron chi connectivity index (χ0n) is 11.7. The van der Waals surface area contributed by atoms with Gasteiger partial charge in [0.25, 0.3) is 0 Å². The fourth-order valence-electron chi connectivity index (χ4n) is 2.97.